The Bertz CT molecular complexity index is 1250. The second kappa shape index (κ2) is 10.0. The summed E-state index contributed by atoms with van der Waals surface area (Å²) in [4.78, 5) is 29.8. The van der Waals surface area contributed by atoms with Gasteiger partial charge in [-0.3, -0.25) is 14.7 Å². The standard InChI is InChI=1S/C23H25N7O3/c1-2-3-4-5-13-19(22(32)33)30-18-12-7-6-11-17(18)24-23(30)25-21(31)16-10-8-9-15(14-16)20-26-28-29-27-20/h6-12,14,19H,2-5,13H2,1H3,(H,32,33)(H,24,25,31)(H,26,27,28,29). The summed E-state index contributed by atoms with van der Waals surface area (Å²) in [7, 11) is 0. The van der Waals surface area contributed by atoms with Crippen molar-refractivity contribution in [2.45, 2.75) is 45.1 Å². The summed E-state index contributed by atoms with van der Waals surface area (Å²) in [6, 6.07) is 13.2. The van der Waals surface area contributed by atoms with Crippen molar-refractivity contribution < 1.29 is 14.7 Å². The summed E-state index contributed by atoms with van der Waals surface area (Å²) in [6.45, 7) is 2.11. The Morgan fingerprint density at radius 1 is 1.12 bits per heavy atom. The number of carbonyl (C=O) groups is 2. The number of para-hydroxylation sites is 2. The Morgan fingerprint density at radius 2 is 1.97 bits per heavy atom. The van der Waals surface area contributed by atoms with Crippen LogP contribution < -0.4 is 5.32 Å². The van der Waals surface area contributed by atoms with Crippen molar-refractivity contribution in [3.63, 3.8) is 0 Å². The van der Waals surface area contributed by atoms with Crippen molar-refractivity contribution in [1.82, 2.24) is 30.2 Å². The molecular weight excluding hydrogens is 422 g/mol. The Kier molecular flexibility index (Phi) is 6.72. The summed E-state index contributed by atoms with van der Waals surface area (Å²) in [5.74, 6) is -0.791. The topological polar surface area (TPSA) is 139 Å². The van der Waals surface area contributed by atoms with Crippen molar-refractivity contribution in [1.29, 1.82) is 0 Å². The molecule has 10 nitrogen and oxygen atoms in total. The lowest BCUT2D eigenvalue weighted by Gasteiger charge is -2.18. The predicted molar refractivity (Wildman–Crippen MR) is 123 cm³/mol. The van der Waals surface area contributed by atoms with Gasteiger partial charge >= 0.3 is 5.97 Å². The van der Waals surface area contributed by atoms with Crippen LogP contribution in [0.5, 0.6) is 0 Å². The van der Waals surface area contributed by atoms with Gasteiger partial charge in [0.25, 0.3) is 5.91 Å². The monoisotopic (exact) mass is 447 g/mol. The lowest BCUT2D eigenvalue weighted by atomic mass is 10.1. The first-order valence-electron chi connectivity index (χ1n) is 10.9. The predicted octanol–water partition coefficient (Wildman–Crippen LogP) is 4.06. The molecule has 2 aromatic heterocycles. The first-order valence-corrected chi connectivity index (χ1v) is 10.9. The molecule has 0 saturated heterocycles. The number of carboxylic acids is 1. The second-order valence-corrected chi connectivity index (χ2v) is 7.77. The molecule has 3 N–H and O–H groups in total. The number of aromatic amines is 1. The number of nitrogens with zero attached hydrogens (tertiary/aromatic N) is 5. The molecule has 1 unspecified atom stereocenters. The Labute approximate surface area is 190 Å². The zero-order valence-corrected chi connectivity index (χ0v) is 18.2. The molecule has 4 rings (SSSR count). The van der Waals surface area contributed by atoms with Crippen LogP contribution in [0, 0.1) is 0 Å². The van der Waals surface area contributed by atoms with E-state index in [2.05, 4.69) is 37.8 Å². The van der Waals surface area contributed by atoms with E-state index >= 15 is 0 Å². The second-order valence-electron chi connectivity index (χ2n) is 7.77. The van der Waals surface area contributed by atoms with Crippen molar-refractivity contribution in [2.24, 2.45) is 0 Å². The van der Waals surface area contributed by atoms with Crippen LogP contribution in [0.25, 0.3) is 22.4 Å². The number of unbranched alkanes of at least 4 members (excludes halogenated alkanes) is 3. The zero-order chi connectivity index (χ0) is 23.2. The highest BCUT2D eigenvalue weighted by Crippen LogP contribution is 2.29. The number of anilines is 1. The molecule has 4 aromatic rings. The third-order valence-corrected chi connectivity index (χ3v) is 5.48. The van der Waals surface area contributed by atoms with E-state index in [4.69, 9.17) is 0 Å². The van der Waals surface area contributed by atoms with Gasteiger partial charge in [0.1, 0.15) is 6.04 Å². The Balaban J connectivity index is 1.66. The van der Waals surface area contributed by atoms with Gasteiger partial charge in [0.2, 0.25) is 11.8 Å². The summed E-state index contributed by atoms with van der Waals surface area (Å²) in [6.07, 6.45) is 4.30. The van der Waals surface area contributed by atoms with Crippen molar-refractivity contribution in [3.8, 4) is 11.4 Å². The van der Waals surface area contributed by atoms with E-state index in [1.54, 1.807) is 34.9 Å². The average Bonchev–Trinajstić information content (AvgIpc) is 3.47. The van der Waals surface area contributed by atoms with Crippen molar-refractivity contribution >= 4 is 28.9 Å². The van der Waals surface area contributed by atoms with Gasteiger partial charge < -0.3 is 5.11 Å². The number of fused-ring (bicyclic) bond motifs is 1. The molecule has 1 atom stereocenters. The zero-order valence-electron chi connectivity index (χ0n) is 18.2. The number of carboxylic acid groups (broad SMARTS) is 1. The van der Waals surface area contributed by atoms with Gasteiger partial charge in [-0.1, -0.05) is 56.9 Å². The molecular formula is C23H25N7O3. The van der Waals surface area contributed by atoms with Crippen LogP contribution in [-0.2, 0) is 4.79 Å². The molecule has 10 heteroatoms. The van der Waals surface area contributed by atoms with Gasteiger partial charge in [-0.05, 0) is 35.9 Å². The fourth-order valence-electron chi connectivity index (χ4n) is 3.83. The van der Waals surface area contributed by atoms with Gasteiger partial charge in [-0.2, -0.15) is 5.21 Å². The maximum Gasteiger partial charge on any atom is 0.326 e. The van der Waals surface area contributed by atoms with E-state index < -0.39 is 17.9 Å². The Morgan fingerprint density at radius 3 is 2.73 bits per heavy atom. The van der Waals surface area contributed by atoms with Crippen molar-refractivity contribution in [2.75, 3.05) is 5.32 Å². The third kappa shape index (κ3) is 4.89. The summed E-state index contributed by atoms with van der Waals surface area (Å²) < 4.78 is 1.62. The highest BCUT2D eigenvalue weighted by Gasteiger charge is 2.26. The van der Waals surface area contributed by atoms with Crippen LogP contribution >= 0.6 is 0 Å². The number of aliphatic carboxylic acids is 1. The number of H-pyrrole nitrogens is 1. The minimum absolute atomic E-state index is 0.203. The average molecular weight is 447 g/mol. The highest BCUT2D eigenvalue weighted by molar-refractivity contribution is 6.05. The highest BCUT2D eigenvalue weighted by atomic mass is 16.4. The normalized spacial score (nSPS) is 12.0. The molecule has 2 aromatic carbocycles. The van der Waals surface area contributed by atoms with Crippen molar-refractivity contribution in [3.05, 3.63) is 54.1 Å². The molecule has 0 spiro atoms. The maximum atomic E-state index is 13.1. The molecule has 2 heterocycles. The first kappa shape index (κ1) is 22.1. The number of imidazole rings is 1. The van der Waals surface area contributed by atoms with Gasteiger partial charge in [0.05, 0.1) is 11.0 Å². The number of hydrogen-bond donors (Lipinski definition) is 3. The molecule has 0 bridgehead atoms. The molecule has 0 radical (unpaired) electrons. The lowest BCUT2D eigenvalue weighted by molar-refractivity contribution is -0.141. The van der Waals surface area contributed by atoms with Crippen LogP contribution in [0.15, 0.2) is 48.5 Å². The number of benzene rings is 2. The van der Waals surface area contributed by atoms with Crippen LogP contribution in [0.1, 0.15) is 55.4 Å². The minimum atomic E-state index is -0.954. The first-order chi connectivity index (χ1) is 16.1. The summed E-state index contributed by atoms with van der Waals surface area (Å²) >= 11 is 0. The van der Waals surface area contributed by atoms with Crippen LogP contribution in [0.2, 0.25) is 0 Å². The quantitative estimate of drug-likeness (QED) is 0.311. The smallest absolute Gasteiger partial charge is 0.326 e. The number of hydrogen-bond acceptors (Lipinski definition) is 6. The maximum absolute atomic E-state index is 13.1. The molecule has 33 heavy (non-hydrogen) atoms. The van der Waals surface area contributed by atoms with Crippen LogP contribution in [0.3, 0.4) is 0 Å². The molecule has 0 fully saturated rings. The lowest BCUT2D eigenvalue weighted by Crippen LogP contribution is -2.23. The Hall–Kier alpha value is -4.08. The molecule has 170 valence electrons. The summed E-state index contributed by atoms with van der Waals surface area (Å²) in [5, 5.41) is 26.6. The molecule has 0 aliphatic heterocycles. The largest absolute Gasteiger partial charge is 0.480 e. The molecule has 0 saturated carbocycles. The number of carbonyl (C=O) groups excluding carboxylic acids is 1. The minimum Gasteiger partial charge on any atom is -0.480 e. The van der Waals surface area contributed by atoms with E-state index in [1.807, 2.05) is 18.2 Å². The summed E-state index contributed by atoms with van der Waals surface area (Å²) in [5.41, 5.74) is 2.28. The van der Waals surface area contributed by atoms with Gasteiger partial charge in [-0.15, -0.1) is 10.2 Å². The fourth-order valence-corrected chi connectivity index (χ4v) is 3.83. The molecule has 1 amide bonds. The molecule has 0 aliphatic carbocycles. The number of aromatic nitrogens is 6. The molecule has 0 aliphatic rings. The van der Waals surface area contributed by atoms with Gasteiger partial charge in [-0.25, -0.2) is 9.78 Å². The van der Waals surface area contributed by atoms with Gasteiger partial charge in [0, 0.05) is 11.1 Å². The number of amides is 1. The fraction of sp³-hybridized carbons (Fsp3) is 0.304. The van der Waals surface area contributed by atoms with Crippen LogP contribution in [0.4, 0.5) is 5.95 Å². The van der Waals surface area contributed by atoms with E-state index in [9.17, 15) is 14.7 Å². The van der Waals surface area contributed by atoms with E-state index in [0.29, 0.717) is 34.4 Å². The van der Waals surface area contributed by atoms with E-state index in [0.717, 1.165) is 25.7 Å². The number of nitrogens with one attached hydrogen (secondary N) is 2. The van der Waals surface area contributed by atoms with Crippen LogP contribution in [-0.4, -0.2) is 47.2 Å². The number of tetrazole rings is 1. The SMILES string of the molecule is CCCCCCC(C(=O)O)n1c(NC(=O)c2cccc(-c3nn[nH]n3)c2)nc2ccccc21. The number of rotatable bonds is 10. The van der Waals surface area contributed by atoms with E-state index in [-0.39, 0.29) is 5.95 Å². The van der Waals surface area contributed by atoms with Gasteiger partial charge in [0.15, 0.2) is 0 Å². The third-order valence-electron chi connectivity index (χ3n) is 5.48. The van der Waals surface area contributed by atoms with E-state index in [1.165, 1.54) is 0 Å².